The number of benzene rings is 1. The second-order valence-corrected chi connectivity index (χ2v) is 4.65. The smallest absolute Gasteiger partial charge is 0.272 e. The lowest BCUT2D eigenvalue weighted by Crippen LogP contribution is -2.08. The molecule has 0 radical (unpaired) electrons. The van der Waals surface area contributed by atoms with Crippen LogP contribution in [-0.2, 0) is 6.54 Å². The fraction of sp³-hybridized carbons (Fsp3) is 0.333. The van der Waals surface area contributed by atoms with Crippen LogP contribution in [0.1, 0.15) is 17.0 Å². The third-order valence-corrected chi connectivity index (χ3v) is 2.81. The monoisotopic (exact) mass is 293 g/mol. The van der Waals surface area contributed by atoms with Gasteiger partial charge in [-0.15, -0.1) is 0 Å². The van der Waals surface area contributed by atoms with Gasteiger partial charge in [-0.25, -0.2) is 13.8 Å². The molecule has 1 N–H and O–H groups in total. The van der Waals surface area contributed by atoms with Gasteiger partial charge in [-0.3, -0.25) is 4.98 Å². The van der Waals surface area contributed by atoms with E-state index in [0.29, 0.717) is 18.1 Å². The zero-order chi connectivity index (χ0) is 15.2. The zero-order valence-corrected chi connectivity index (χ0v) is 11.9. The Bertz CT molecular complexity index is 605. The summed E-state index contributed by atoms with van der Waals surface area (Å²) in [7, 11) is 0. The van der Waals surface area contributed by atoms with Crippen molar-refractivity contribution in [1.82, 2.24) is 9.97 Å². The molecule has 0 saturated heterocycles. The summed E-state index contributed by atoms with van der Waals surface area (Å²) < 4.78 is 29.2. The Labute approximate surface area is 122 Å². The second-order valence-electron chi connectivity index (χ2n) is 4.65. The highest BCUT2D eigenvalue weighted by molar-refractivity contribution is 5.41. The summed E-state index contributed by atoms with van der Waals surface area (Å²) in [5, 5.41) is 3.18. The molecule has 0 aliphatic heterocycles. The van der Waals surface area contributed by atoms with E-state index < -0.39 is 13.0 Å². The molecule has 1 aromatic heterocycles. The van der Waals surface area contributed by atoms with Crippen molar-refractivity contribution in [3.05, 3.63) is 47.4 Å². The van der Waals surface area contributed by atoms with E-state index in [4.69, 9.17) is 4.74 Å². The van der Waals surface area contributed by atoms with E-state index in [-0.39, 0.29) is 0 Å². The molecule has 4 nitrogen and oxygen atoms in total. The van der Waals surface area contributed by atoms with Gasteiger partial charge in [0, 0.05) is 12.7 Å². The Hall–Kier alpha value is -2.24. The highest BCUT2D eigenvalue weighted by atomic mass is 19.3. The first kappa shape index (κ1) is 15.2. The Morgan fingerprint density at radius 2 is 2.10 bits per heavy atom. The number of alkyl halides is 2. The van der Waals surface area contributed by atoms with Crippen molar-refractivity contribution in [1.29, 1.82) is 0 Å². The predicted molar refractivity (Wildman–Crippen MR) is 76.8 cm³/mol. The molecule has 6 heteroatoms. The summed E-state index contributed by atoms with van der Waals surface area (Å²) in [6.07, 6.45) is -0.767. The lowest BCUT2D eigenvalue weighted by Gasteiger charge is -2.10. The first-order valence-electron chi connectivity index (χ1n) is 6.58. The van der Waals surface area contributed by atoms with Crippen molar-refractivity contribution in [3.8, 4) is 5.75 Å². The molecule has 0 spiro atoms. The Kier molecular flexibility index (Phi) is 5.03. The van der Waals surface area contributed by atoms with Gasteiger partial charge in [0.15, 0.2) is 0 Å². The number of nitrogens with one attached hydrogen (secondary N) is 1. The van der Waals surface area contributed by atoms with Crippen LogP contribution in [0.25, 0.3) is 0 Å². The first-order valence-corrected chi connectivity index (χ1v) is 6.58. The van der Waals surface area contributed by atoms with E-state index in [1.165, 1.54) is 0 Å². The number of anilines is 1. The van der Waals surface area contributed by atoms with Crippen LogP contribution < -0.4 is 10.1 Å². The van der Waals surface area contributed by atoms with Crippen molar-refractivity contribution >= 4 is 5.82 Å². The maximum Gasteiger partial charge on any atom is 0.272 e. The van der Waals surface area contributed by atoms with Crippen molar-refractivity contribution in [2.24, 2.45) is 0 Å². The van der Waals surface area contributed by atoms with Crippen LogP contribution in [0.2, 0.25) is 0 Å². The number of rotatable bonds is 6. The van der Waals surface area contributed by atoms with E-state index >= 15 is 0 Å². The number of nitrogens with zero attached hydrogens (tertiary/aromatic N) is 2. The van der Waals surface area contributed by atoms with Crippen LogP contribution in [0.5, 0.6) is 5.75 Å². The van der Waals surface area contributed by atoms with Crippen LogP contribution in [-0.4, -0.2) is 23.0 Å². The van der Waals surface area contributed by atoms with Gasteiger partial charge < -0.3 is 10.1 Å². The highest BCUT2D eigenvalue weighted by Crippen LogP contribution is 2.16. The Balaban J connectivity index is 1.99. The molecule has 2 rings (SSSR count). The summed E-state index contributed by atoms with van der Waals surface area (Å²) in [4.78, 5) is 8.59. The maximum atomic E-state index is 12.1. The Morgan fingerprint density at radius 1 is 1.29 bits per heavy atom. The van der Waals surface area contributed by atoms with Crippen LogP contribution in [0.4, 0.5) is 14.6 Å². The number of hydrogen-bond acceptors (Lipinski definition) is 4. The van der Waals surface area contributed by atoms with Gasteiger partial charge in [-0.1, -0.05) is 12.1 Å². The van der Waals surface area contributed by atoms with Crippen molar-refractivity contribution in [3.63, 3.8) is 0 Å². The van der Waals surface area contributed by atoms with Crippen LogP contribution in [0, 0.1) is 13.8 Å². The minimum Gasteiger partial charge on any atom is -0.488 e. The quantitative estimate of drug-likeness (QED) is 0.887. The minimum absolute atomic E-state index is 0.432. The number of aryl methyl sites for hydroxylation is 2. The van der Waals surface area contributed by atoms with Crippen LogP contribution in [0.15, 0.2) is 30.5 Å². The number of aromatic nitrogens is 2. The molecule has 0 amide bonds. The fourth-order valence-corrected chi connectivity index (χ4v) is 1.80. The van der Waals surface area contributed by atoms with E-state index in [0.717, 1.165) is 17.0 Å². The SMILES string of the molecule is Cc1cnc(C)c(NCc2cccc(OCC(F)F)c2)n1. The Morgan fingerprint density at radius 3 is 2.86 bits per heavy atom. The number of hydrogen-bond donors (Lipinski definition) is 1. The molecule has 1 heterocycles. The molecule has 0 aliphatic rings. The topological polar surface area (TPSA) is 47.0 Å². The predicted octanol–water partition coefficient (Wildman–Crippen LogP) is 3.35. The second kappa shape index (κ2) is 6.97. The van der Waals surface area contributed by atoms with E-state index in [1.807, 2.05) is 19.9 Å². The van der Waals surface area contributed by atoms with Gasteiger partial charge in [0.25, 0.3) is 6.43 Å². The van der Waals surface area contributed by atoms with Crippen molar-refractivity contribution in [2.75, 3.05) is 11.9 Å². The molecule has 2 aromatic rings. The van der Waals surface area contributed by atoms with Gasteiger partial charge in [0.2, 0.25) is 0 Å². The molecule has 0 unspecified atom stereocenters. The zero-order valence-electron chi connectivity index (χ0n) is 11.9. The normalized spacial score (nSPS) is 10.7. The van der Waals surface area contributed by atoms with Crippen LogP contribution >= 0.6 is 0 Å². The minimum atomic E-state index is -2.48. The summed E-state index contributed by atoms with van der Waals surface area (Å²) in [5.41, 5.74) is 2.56. The molecule has 1 aromatic carbocycles. The fourth-order valence-electron chi connectivity index (χ4n) is 1.80. The molecule has 0 saturated carbocycles. The van der Waals surface area contributed by atoms with Gasteiger partial charge in [0.05, 0.1) is 11.4 Å². The third-order valence-electron chi connectivity index (χ3n) is 2.81. The standard InChI is InChI=1S/C15H17F2N3O/c1-10-7-18-11(2)15(20-10)19-8-12-4-3-5-13(6-12)21-9-14(16)17/h3-7,14H,8-9H2,1-2H3,(H,19,20). The van der Waals surface area contributed by atoms with E-state index in [1.54, 1.807) is 24.4 Å². The first-order chi connectivity index (χ1) is 10.0. The molecule has 21 heavy (non-hydrogen) atoms. The molecular formula is C15H17F2N3O. The summed E-state index contributed by atoms with van der Waals surface area (Å²) in [5.74, 6) is 1.15. The molecular weight excluding hydrogens is 276 g/mol. The van der Waals surface area contributed by atoms with Gasteiger partial charge in [0.1, 0.15) is 18.2 Å². The molecule has 0 bridgehead atoms. The lowest BCUT2D eigenvalue weighted by atomic mass is 10.2. The third kappa shape index (κ3) is 4.66. The van der Waals surface area contributed by atoms with Crippen molar-refractivity contribution < 1.29 is 13.5 Å². The van der Waals surface area contributed by atoms with E-state index in [9.17, 15) is 8.78 Å². The van der Waals surface area contributed by atoms with Gasteiger partial charge in [-0.2, -0.15) is 0 Å². The highest BCUT2D eigenvalue weighted by Gasteiger charge is 2.05. The molecule has 0 aliphatic carbocycles. The number of halogens is 2. The number of ether oxygens (including phenoxy) is 1. The summed E-state index contributed by atoms with van der Waals surface area (Å²) in [6, 6.07) is 7.05. The van der Waals surface area contributed by atoms with E-state index in [2.05, 4.69) is 15.3 Å². The summed E-state index contributed by atoms with van der Waals surface area (Å²) in [6.45, 7) is 3.66. The average molecular weight is 293 g/mol. The lowest BCUT2D eigenvalue weighted by molar-refractivity contribution is 0.0818. The van der Waals surface area contributed by atoms with Gasteiger partial charge >= 0.3 is 0 Å². The molecule has 112 valence electrons. The molecule has 0 fully saturated rings. The average Bonchev–Trinajstić information content (AvgIpc) is 2.46. The largest absolute Gasteiger partial charge is 0.488 e. The van der Waals surface area contributed by atoms with Gasteiger partial charge in [-0.05, 0) is 31.5 Å². The maximum absolute atomic E-state index is 12.1. The summed E-state index contributed by atoms with van der Waals surface area (Å²) >= 11 is 0. The van der Waals surface area contributed by atoms with Crippen LogP contribution in [0.3, 0.4) is 0 Å². The molecule has 0 atom stereocenters. The van der Waals surface area contributed by atoms with Crippen molar-refractivity contribution in [2.45, 2.75) is 26.8 Å².